The van der Waals surface area contributed by atoms with Crippen molar-refractivity contribution in [3.63, 3.8) is 0 Å². The summed E-state index contributed by atoms with van der Waals surface area (Å²) < 4.78 is 11.0. The van der Waals surface area contributed by atoms with Gasteiger partial charge in [-0.1, -0.05) is 48.5 Å². The van der Waals surface area contributed by atoms with Crippen LogP contribution in [-0.2, 0) is 20.7 Å². The molecule has 2 aromatic carbocycles. The zero-order valence-electron chi connectivity index (χ0n) is 21.0. The molecule has 6 heteroatoms. The minimum atomic E-state index is -0.489. The molecule has 0 saturated carbocycles. The van der Waals surface area contributed by atoms with Gasteiger partial charge in [0, 0.05) is 48.5 Å². The highest BCUT2D eigenvalue weighted by atomic mass is 16.5. The third-order valence-electron chi connectivity index (χ3n) is 7.16. The fourth-order valence-electron chi connectivity index (χ4n) is 5.32. The highest BCUT2D eigenvalue weighted by Gasteiger charge is 2.45. The molecule has 3 unspecified atom stereocenters. The number of esters is 1. The van der Waals surface area contributed by atoms with E-state index in [4.69, 9.17) is 9.47 Å². The number of fused-ring (bicyclic) bond motifs is 1. The number of pyridine rings is 1. The highest BCUT2D eigenvalue weighted by Crippen LogP contribution is 2.46. The molecule has 1 aliphatic carbocycles. The van der Waals surface area contributed by atoms with Crippen LogP contribution in [0.3, 0.4) is 0 Å². The average Bonchev–Trinajstić information content (AvgIpc) is 2.93. The van der Waals surface area contributed by atoms with E-state index < -0.39 is 17.8 Å². The van der Waals surface area contributed by atoms with Gasteiger partial charge in [0.2, 0.25) is 0 Å². The molecule has 0 radical (unpaired) electrons. The Balaban J connectivity index is 1.45. The number of nitrogens with one attached hydrogen (secondary N) is 1. The quantitative estimate of drug-likeness (QED) is 0.461. The van der Waals surface area contributed by atoms with Crippen LogP contribution in [0.4, 0.5) is 0 Å². The molecule has 3 aromatic rings. The van der Waals surface area contributed by atoms with Crippen molar-refractivity contribution in [1.82, 2.24) is 10.3 Å². The molecule has 37 heavy (non-hydrogen) atoms. The fraction of sp³-hybridized carbons (Fsp3) is 0.258. The van der Waals surface area contributed by atoms with Crippen molar-refractivity contribution in [2.45, 2.75) is 31.6 Å². The summed E-state index contributed by atoms with van der Waals surface area (Å²) in [4.78, 5) is 31.3. The molecule has 1 aromatic heterocycles. The summed E-state index contributed by atoms with van der Waals surface area (Å²) >= 11 is 0. The van der Waals surface area contributed by atoms with Crippen LogP contribution in [0.25, 0.3) is 0 Å². The second kappa shape index (κ2) is 10.8. The summed E-state index contributed by atoms with van der Waals surface area (Å²) in [6.45, 7) is 2.14. The van der Waals surface area contributed by atoms with E-state index in [0.29, 0.717) is 24.1 Å². The van der Waals surface area contributed by atoms with E-state index in [1.165, 1.54) is 0 Å². The van der Waals surface area contributed by atoms with E-state index in [1.807, 2.05) is 73.7 Å². The van der Waals surface area contributed by atoms with Crippen molar-refractivity contribution < 1.29 is 19.1 Å². The topological polar surface area (TPSA) is 77.5 Å². The van der Waals surface area contributed by atoms with Gasteiger partial charge >= 0.3 is 5.97 Å². The van der Waals surface area contributed by atoms with Crippen LogP contribution in [0.15, 0.2) is 102 Å². The second-order valence-corrected chi connectivity index (χ2v) is 9.44. The number of ketones is 1. The lowest BCUT2D eigenvalue weighted by atomic mass is 9.69. The van der Waals surface area contributed by atoms with E-state index in [-0.39, 0.29) is 18.3 Å². The van der Waals surface area contributed by atoms with Crippen molar-refractivity contribution in [2.75, 3.05) is 13.7 Å². The number of hydrogen-bond donors (Lipinski definition) is 1. The Morgan fingerprint density at radius 3 is 2.41 bits per heavy atom. The van der Waals surface area contributed by atoms with Crippen molar-refractivity contribution in [2.24, 2.45) is 5.92 Å². The maximum atomic E-state index is 13.7. The third kappa shape index (κ3) is 5.19. The van der Waals surface area contributed by atoms with E-state index in [2.05, 4.69) is 16.4 Å². The van der Waals surface area contributed by atoms with E-state index in [1.54, 1.807) is 19.5 Å². The van der Waals surface area contributed by atoms with Crippen LogP contribution >= 0.6 is 0 Å². The van der Waals surface area contributed by atoms with Crippen LogP contribution in [0.1, 0.15) is 41.9 Å². The molecule has 0 saturated heterocycles. The number of ether oxygens (including phenoxy) is 2. The van der Waals surface area contributed by atoms with Crippen LogP contribution in [0, 0.1) is 5.92 Å². The largest absolute Gasteiger partial charge is 0.497 e. The van der Waals surface area contributed by atoms with Gasteiger partial charge in [-0.3, -0.25) is 9.78 Å². The number of carbonyl (C=O) groups excluding carboxylic acids is 2. The third-order valence-corrected chi connectivity index (χ3v) is 7.16. The molecule has 0 spiro atoms. The molecule has 2 aliphatic rings. The number of hydrogen-bond acceptors (Lipinski definition) is 6. The van der Waals surface area contributed by atoms with E-state index >= 15 is 0 Å². The molecule has 1 aliphatic heterocycles. The summed E-state index contributed by atoms with van der Waals surface area (Å²) in [7, 11) is 1.64. The summed E-state index contributed by atoms with van der Waals surface area (Å²) in [6.07, 6.45) is 6.51. The van der Waals surface area contributed by atoms with Crippen LogP contribution < -0.4 is 10.1 Å². The molecule has 0 fully saturated rings. The normalized spacial score (nSPS) is 21.0. The Labute approximate surface area is 217 Å². The van der Waals surface area contributed by atoms with Gasteiger partial charge < -0.3 is 14.8 Å². The Morgan fingerprint density at radius 2 is 1.70 bits per heavy atom. The first-order chi connectivity index (χ1) is 18.0. The summed E-state index contributed by atoms with van der Waals surface area (Å²) in [5.41, 5.74) is 5.06. The number of methoxy groups -OCH3 is 1. The number of Topliss-reactive ketones (excluding diaryl/α,β-unsaturated/α-hetero) is 1. The van der Waals surface area contributed by atoms with Gasteiger partial charge in [0.05, 0.1) is 25.2 Å². The number of benzene rings is 2. The van der Waals surface area contributed by atoms with Gasteiger partial charge in [-0.15, -0.1) is 0 Å². The molecule has 2 heterocycles. The summed E-state index contributed by atoms with van der Waals surface area (Å²) in [6, 6.07) is 21.5. The monoisotopic (exact) mass is 494 g/mol. The van der Waals surface area contributed by atoms with Gasteiger partial charge in [-0.25, -0.2) is 4.79 Å². The lowest BCUT2D eigenvalue weighted by molar-refractivity contribution is -0.139. The molecule has 0 amide bonds. The van der Waals surface area contributed by atoms with Crippen molar-refractivity contribution >= 4 is 11.8 Å². The first-order valence-corrected chi connectivity index (χ1v) is 12.5. The SMILES string of the molecule is COc1ccc(C2C=C3NC(C)=C(C(=O)OCCc4ccccc4)C(c4ccncc4)C3C(=O)C2)cc1. The molecule has 1 N–H and O–H groups in total. The van der Waals surface area contributed by atoms with Gasteiger partial charge in [-0.05, 0) is 47.9 Å². The lowest BCUT2D eigenvalue weighted by Crippen LogP contribution is -2.42. The van der Waals surface area contributed by atoms with Crippen molar-refractivity contribution in [3.05, 3.63) is 119 Å². The zero-order chi connectivity index (χ0) is 25.8. The molecule has 0 bridgehead atoms. The Hall–Kier alpha value is -4.19. The van der Waals surface area contributed by atoms with Gasteiger partial charge in [0.15, 0.2) is 0 Å². The Morgan fingerprint density at radius 1 is 0.973 bits per heavy atom. The summed E-state index contributed by atoms with van der Waals surface area (Å²) in [5.74, 6) is -0.510. The number of nitrogens with zero attached hydrogens (tertiary/aromatic N) is 1. The number of rotatable bonds is 7. The van der Waals surface area contributed by atoms with E-state index in [0.717, 1.165) is 28.1 Å². The Bertz CT molecular complexity index is 1330. The maximum absolute atomic E-state index is 13.7. The minimum Gasteiger partial charge on any atom is -0.497 e. The van der Waals surface area contributed by atoms with Crippen LogP contribution in [-0.4, -0.2) is 30.5 Å². The minimum absolute atomic E-state index is 0.0533. The molecule has 3 atom stereocenters. The molecule has 188 valence electrons. The predicted molar refractivity (Wildman–Crippen MR) is 141 cm³/mol. The lowest BCUT2D eigenvalue weighted by Gasteiger charge is -2.39. The number of aromatic nitrogens is 1. The predicted octanol–water partition coefficient (Wildman–Crippen LogP) is 5.09. The molecular weight excluding hydrogens is 464 g/mol. The fourth-order valence-corrected chi connectivity index (χ4v) is 5.32. The maximum Gasteiger partial charge on any atom is 0.336 e. The van der Waals surface area contributed by atoms with Crippen LogP contribution in [0.5, 0.6) is 5.75 Å². The van der Waals surface area contributed by atoms with E-state index in [9.17, 15) is 9.59 Å². The van der Waals surface area contributed by atoms with Crippen molar-refractivity contribution in [1.29, 1.82) is 0 Å². The van der Waals surface area contributed by atoms with Gasteiger partial charge in [-0.2, -0.15) is 0 Å². The molecule has 5 rings (SSSR count). The standard InChI is InChI=1S/C31H30N2O4/c1-20-28(31(35)37-17-14-21-6-4-3-5-7-21)29(23-12-15-32-16-13-23)30-26(33-20)18-24(19-27(30)34)22-8-10-25(36-2)11-9-22/h3-13,15-16,18,24,29-30,33H,14,17,19H2,1-2H3. The number of allylic oxidation sites excluding steroid dienone is 3. The Kier molecular flexibility index (Phi) is 7.17. The van der Waals surface area contributed by atoms with Gasteiger partial charge in [0.1, 0.15) is 11.5 Å². The summed E-state index contributed by atoms with van der Waals surface area (Å²) in [5, 5.41) is 3.39. The molecule has 6 nitrogen and oxygen atoms in total. The highest BCUT2D eigenvalue weighted by molar-refractivity contribution is 5.96. The van der Waals surface area contributed by atoms with Gasteiger partial charge in [0.25, 0.3) is 0 Å². The smallest absolute Gasteiger partial charge is 0.336 e. The van der Waals surface area contributed by atoms with Crippen LogP contribution in [0.2, 0.25) is 0 Å². The first kappa shape index (κ1) is 24.5. The molecular formula is C31H30N2O4. The average molecular weight is 495 g/mol. The number of carbonyl (C=O) groups is 2. The first-order valence-electron chi connectivity index (χ1n) is 12.5. The zero-order valence-corrected chi connectivity index (χ0v) is 21.0. The van der Waals surface area contributed by atoms with Crippen molar-refractivity contribution in [3.8, 4) is 5.75 Å². The second-order valence-electron chi connectivity index (χ2n) is 9.44.